The lowest BCUT2D eigenvalue weighted by molar-refractivity contribution is 0.0909. The average molecular weight is 276 g/mol. The van der Waals surface area contributed by atoms with Crippen LogP contribution < -0.4 is 0 Å². The number of hydrogen-bond acceptors (Lipinski definition) is 3. The predicted molar refractivity (Wildman–Crippen MR) is 79.5 cm³/mol. The van der Waals surface area contributed by atoms with Crippen molar-refractivity contribution in [1.82, 2.24) is 9.80 Å². The summed E-state index contributed by atoms with van der Waals surface area (Å²) >= 11 is 0. The maximum absolute atomic E-state index is 12.1. The number of benzene rings is 1. The van der Waals surface area contributed by atoms with Crippen LogP contribution in [-0.4, -0.2) is 48.1 Å². The van der Waals surface area contributed by atoms with Crippen LogP contribution in [0.15, 0.2) is 30.3 Å². The molecule has 0 N–H and O–H groups in total. The molecule has 20 heavy (non-hydrogen) atoms. The summed E-state index contributed by atoms with van der Waals surface area (Å²) < 4.78 is 5.37. The Kier molecular flexibility index (Phi) is 5.01. The van der Waals surface area contributed by atoms with Crippen molar-refractivity contribution in [2.75, 3.05) is 20.1 Å². The molecule has 1 aliphatic rings. The minimum Gasteiger partial charge on any atom is -0.445 e. The van der Waals surface area contributed by atoms with Gasteiger partial charge in [0.2, 0.25) is 0 Å². The number of likely N-dealkylation sites (tertiary alicyclic amines) is 1. The Labute approximate surface area is 121 Å². The molecular weight excluding hydrogens is 252 g/mol. The lowest BCUT2D eigenvalue weighted by atomic mass is 10.2. The summed E-state index contributed by atoms with van der Waals surface area (Å²) in [5, 5.41) is 0. The van der Waals surface area contributed by atoms with E-state index in [0.29, 0.717) is 12.6 Å². The monoisotopic (exact) mass is 276 g/mol. The molecule has 2 rings (SSSR count). The SMILES string of the molecule is CC(C)N1CC[C@@H](N(C)C(=O)OCc2ccccc2)C1. The van der Waals surface area contributed by atoms with Gasteiger partial charge in [0.1, 0.15) is 6.61 Å². The van der Waals surface area contributed by atoms with Crippen molar-refractivity contribution in [3.05, 3.63) is 35.9 Å². The zero-order chi connectivity index (χ0) is 14.5. The van der Waals surface area contributed by atoms with Gasteiger partial charge >= 0.3 is 6.09 Å². The molecule has 0 spiro atoms. The molecule has 0 radical (unpaired) electrons. The van der Waals surface area contributed by atoms with Gasteiger partial charge in [-0.05, 0) is 25.8 Å². The highest BCUT2D eigenvalue weighted by atomic mass is 16.6. The number of likely N-dealkylation sites (N-methyl/N-ethyl adjacent to an activating group) is 1. The standard InChI is InChI=1S/C16H24N2O2/c1-13(2)18-10-9-15(11-18)17(3)16(19)20-12-14-7-5-4-6-8-14/h4-8,13,15H,9-12H2,1-3H3/t15-/m1/s1. The molecule has 0 saturated carbocycles. The molecule has 1 amide bonds. The van der Waals surface area contributed by atoms with Gasteiger partial charge in [-0.25, -0.2) is 4.79 Å². The fraction of sp³-hybridized carbons (Fsp3) is 0.562. The molecular formula is C16H24N2O2. The molecule has 0 unspecified atom stereocenters. The van der Waals surface area contributed by atoms with E-state index in [1.54, 1.807) is 4.90 Å². The normalized spacial score (nSPS) is 19.3. The molecule has 0 aliphatic carbocycles. The van der Waals surface area contributed by atoms with Gasteiger partial charge in [0.05, 0.1) is 0 Å². The number of carbonyl (C=O) groups excluding carboxylic acids is 1. The second-order valence-corrected chi connectivity index (χ2v) is 5.68. The molecule has 1 aliphatic heterocycles. The van der Waals surface area contributed by atoms with Gasteiger partial charge in [0, 0.05) is 32.2 Å². The van der Waals surface area contributed by atoms with E-state index in [9.17, 15) is 4.79 Å². The minimum absolute atomic E-state index is 0.232. The first-order valence-corrected chi connectivity index (χ1v) is 7.25. The van der Waals surface area contributed by atoms with Crippen LogP contribution in [0.2, 0.25) is 0 Å². The number of ether oxygens (including phenoxy) is 1. The van der Waals surface area contributed by atoms with Crippen LogP contribution in [0.25, 0.3) is 0 Å². The Bertz CT molecular complexity index is 433. The third-order valence-corrected chi connectivity index (χ3v) is 3.97. The van der Waals surface area contributed by atoms with Crippen molar-refractivity contribution in [1.29, 1.82) is 0 Å². The van der Waals surface area contributed by atoms with Crippen LogP contribution in [0.5, 0.6) is 0 Å². The molecule has 4 heteroatoms. The highest BCUT2D eigenvalue weighted by molar-refractivity contribution is 5.67. The third kappa shape index (κ3) is 3.73. The van der Waals surface area contributed by atoms with E-state index in [1.165, 1.54) is 0 Å². The Balaban J connectivity index is 1.81. The highest BCUT2D eigenvalue weighted by Gasteiger charge is 2.30. The van der Waals surface area contributed by atoms with Crippen LogP contribution in [-0.2, 0) is 11.3 Å². The van der Waals surface area contributed by atoms with Crippen LogP contribution in [0.4, 0.5) is 4.79 Å². The summed E-state index contributed by atoms with van der Waals surface area (Å²) in [7, 11) is 1.84. The van der Waals surface area contributed by atoms with Gasteiger partial charge in [-0.2, -0.15) is 0 Å². The van der Waals surface area contributed by atoms with Gasteiger partial charge in [-0.3, -0.25) is 4.90 Å². The van der Waals surface area contributed by atoms with Crippen LogP contribution in [0.1, 0.15) is 25.8 Å². The number of hydrogen-bond donors (Lipinski definition) is 0. The second-order valence-electron chi connectivity index (χ2n) is 5.68. The molecule has 1 saturated heterocycles. The quantitative estimate of drug-likeness (QED) is 0.847. The van der Waals surface area contributed by atoms with Crippen LogP contribution >= 0.6 is 0 Å². The van der Waals surface area contributed by atoms with Crippen molar-refractivity contribution in [3.8, 4) is 0 Å². The third-order valence-electron chi connectivity index (χ3n) is 3.97. The molecule has 1 atom stereocenters. The maximum Gasteiger partial charge on any atom is 0.410 e. The molecule has 110 valence electrons. The van der Waals surface area contributed by atoms with Gasteiger partial charge < -0.3 is 9.64 Å². The number of rotatable bonds is 4. The van der Waals surface area contributed by atoms with Crippen LogP contribution in [0.3, 0.4) is 0 Å². The van der Waals surface area contributed by atoms with Crippen molar-refractivity contribution in [2.45, 2.75) is 39.0 Å². The summed E-state index contributed by atoms with van der Waals surface area (Å²) in [6, 6.07) is 10.6. The summed E-state index contributed by atoms with van der Waals surface area (Å²) in [5.41, 5.74) is 1.02. The van der Waals surface area contributed by atoms with E-state index in [-0.39, 0.29) is 12.1 Å². The van der Waals surface area contributed by atoms with Gasteiger partial charge in [0.25, 0.3) is 0 Å². The first kappa shape index (κ1) is 14.9. The van der Waals surface area contributed by atoms with Gasteiger partial charge in [-0.1, -0.05) is 30.3 Å². The average Bonchev–Trinajstić information content (AvgIpc) is 2.95. The Morgan fingerprint density at radius 2 is 2.10 bits per heavy atom. The smallest absolute Gasteiger partial charge is 0.410 e. The molecule has 1 aromatic rings. The van der Waals surface area contributed by atoms with E-state index in [2.05, 4.69) is 18.7 Å². The van der Waals surface area contributed by atoms with Crippen molar-refractivity contribution >= 4 is 6.09 Å². The molecule has 1 fully saturated rings. The van der Waals surface area contributed by atoms with Crippen molar-refractivity contribution < 1.29 is 9.53 Å². The Morgan fingerprint density at radius 1 is 1.40 bits per heavy atom. The molecule has 0 bridgehead atoms. The lowest BCUT2D eigenvalue weighted by Gasteiger charge is -2.25. The zero-order valence-corrected chi connectivity index (χ0v) is 12.6. The van der Waals surface area contributed by atoms with E-state index >= 15 is 0 Å². The fourth-order valence-electron chi connectivity index (χ4n) is 2.52. The number of nitrogens with zero attached hydrogens (tertiary/aromatic N) is 2. The Hall–Kier alpha value is -1.55. The Morgan fingerprint density at radius 3 is 2.70 bits per heavy atom. The van der Waals surface area contributed by atoms with Gasteiger partial charge in [-0.15, -0.1) is 0 Å². The van der Waals surface area contributed by atoms with Crippen molar-refractivity contribution in [2.24, 2.45) is 0 Å². The fourth-order valence-corrected chi connectivity index (χ4v) is 2.52. The summed E-state index contributed by atoms with van der Waals surface area (Å²) in [5.74, 6) is 0. The minimum atomic E-state index is -0.232. The maximum atomic E-state index is 12.1. The molecule has 0 aromatic heterocycles. The summed E-state index contributed by atoms with van der Waals surface area (Å²) in [4.78, 5) is 16.2. The largest absolute Gasteiger partial charge is 0.445 e. The summed E-state index contributed by atoms with van der Waals surface area (Å²) in [6.45, 7) is 6.71. The highest BCUT2D eigenvalue weighted by Crippen LogP contribution is 2.17. The van der Waals surface area contributed by atoms with E-state index in [1.807, 2.05) is 37.4 Å². The van der Waals surface area contributed by atoms with Crippen molar-refractivity contribution in [3.63, 3.8) is 0 Å². The number of amides is 1. The topological polar surface area (TPSA) is 32.8 Å². The summed E-state index contributed by atoms with van der Waals surface area (Å²) in [6.07, 6.45) is 0.791. The molecule has 4 nitrogen and oxygen atoms in total. The first-order valence-electron chi connectivity index (χ1n) is 7.25. The van der Waals surface area contributed by atoms with E-state index in [0.717, 1.165) is 25.1 Å². The first-order chi connectivity index (χ1) is 9.58. The second kappa shape index (κ2) is 6.75. The predicted octanol–water partition coefficient (Wildman–Crippen LogP) is 2.74. The number of carbonyl (C=O) groups is 1. The van der Waals surface area contributed by atoms with E-state index < -0.39 is 0 Å². The lowest BCUT2D eigenvalue weighted by Crippen LogP contribution is -2.40. The van der Waals surface area contributed by atoms with E-state index in [4.69, 9.17) is 4.74 Å². The van der Waals surface area contributed by atoms with Gasteiger partial charge in [0.15, 0.2) is 0 Å². The molecule has 1 aromatic carbocycles. The van der Waals surface area contributed by atoms with Crippen LogP contribution in [0, 0.1) is 0 Å². The zero-order valence-electron chi connectivity index (χ0n) is 12.6. The molecule has 1 heterocycles.